The molecule has 1 atom stereocenters. The fourth-order valence-electron chi connectivity index (χ4n) is 3.26. The standard InChI is InChI=1S/C18H23N3O2/c1-13-6-2-3-9-16(13)19-20-18(23)14-7-4-8-15(12-14)21-11-5-10-17(21)22/h4,7-8,12-13H,2-3,5-6,9-11H2,1H3,(H,20,23)/t13-/m1/s1. The van der Waals surface area contributed by atoms with Gasteiger partial charge in [-0.2, -0.15) is 5.10 Å². The molecular formula is C18H23N3O2. The second kappa shape index (κ2) is 6.94. The van der Waals surface area contributed by atoms with E-state index in [1.165, 1.54) is 6.42 Å². The minimum absolute atomic E-state index is 0.124. The zero-order valence-corrected chi connectivity index (χ0v) is 13.5. The predicted molar refractivity (Wildman–Crippen MR) is 90.6 cm³/mol. The van der Waals surface area contributed by atoms with Crippen molar-refractivity contribution >= 4 is 23.2 Å². The van der Waals surface area contributed by atoms with Crippen molar-refractivity contribution in [3.05, 3.63) is 29.8 Å². The molecular weight excluding hydrogens is 290 g/mol. The van der Waals surface area contributed by atoms with Crippen LogP contribution < -0.4 is 10.3 Å². The van der Waals surface area contributed by atoms with Crippen LogP contribution in [0.15, 0.2) is 29.4 Å². The summed E-state index contributed by atoms with van der Waals surface area (Å²) in [5.74, 6) is 0.347. The van der Waals surface area contributed by atoms with Gasteiger partial charge in [-0.15, -0.1) is 0 Å². The van der Waals surface area contributed by atoms with Crippen LogP contribution in [0.1, 0.15) is 55.8 Å². The number of carbonyl (C=O) groups excluding carboxylic acids is 2. The first-order valence-electron chi connectivity index (χ1n) is 8.42. The monoisotopic (exact) mass is 313 g/mol. The van der Waals surface area contributed by atoms with E-state index in [1.807, 2.05) is 12.1 Å². The van der Waals surface area contributed by atoms with Crippen LogP contribution in [0.5, 0.6) is 0 Å². The number of hydrogen-bond donors (Lipinski definition) is 1. The third-order valence-corrected chi connectivity index (χ3v) is 4.68. The van der Waals surface area contributed by atoms with Crippen molar-refractivity contribution in [3.63, 3.8) is 0 Å². The topological polar surface area (TPSA) is 61.8 Å². The Labute approximate surface area is 136 Å². The maximum absolute atomic E-state index is 12.3. The molecule has 2 amide bonds. The first-order valence-corrected chi connectivity index (χ1v) is 8.42. The highest BCUT2D eigenvalue weighted by Gasteiger charge is 2.22. The molecule has 5 nitrogen and oxygen atoms in total. The SMILES string of the molecule is C[C@@H]1CCCCC1=NNC(=O)c1cccc(N2CCCC2=O)c1. The second-order valence-corrected chi connectivity index (χ2v) is 6.39. The van der Waals surface area contributed by atoms with E-state index in [9.17, 15) is 9.59 Å². The van der Waals surface area contributed by atoms with Crippen LogP contribution in [0.25, 0.3) is 0 Å². The number of nitrogens with zero attached hydrogens (tertiary/aromatic N) is 2. The number of rotatable bonds is 3. The van der Waals surface area contributed by atoms with E-state index < -0.39 is 0 Å². The molecule has 1 heterocycles. The van der Waals surface area contributed by atoms with E-state index >= 15 is 0 Å². The molecule has 23 heavy (non-hydrogen) atoms. The van der Waals surface area contributed by atoms with Crippen molar-refractivity contribution in [2.24, 2.45) is 11.0 Å². The van der Waals surface area contributed by atoms with Crippen LogP contribution >= 0.6 is 0 Å². The first kappa shape index (κ1) is 15.7. The van der Waals surface area contributed by atoms with Gasteiger partial charge in [0.25, 0.3) is 5.91 Å². The molecule has 1 N–H and O–H groups in total. The van der Waals surface area contributed by atoms with Crippen LogP contribution in [0.3, 0.4) is 0 Å². The van der Waals surface area contributed by atoms with E-state index in [1.54, 1.807) is 17.0 Å². The Morgan fingerprint density at radius 2 is 2.13 bits per heavy atom. The van der Waals surface area contributed by atoms with E-state index in [4.69, 9.17) is 0 Å². The molecule has 122 valence electrons. The molecule has 2 fully saturated rings. The van der Waals surface area contributed by atoms with Gasteiger partial charge in [-0.05, 0) is 49.8 Å². The lowest BCUT2D eigenvalue weighted by Gasteiger charge is -2.20. The minimum Gasteiger partial charge on any atom is -0.312 e. The van der Waals surface area contributed by atoms with Crippen LogP contribution in [-0.2, 0) is 4.79 Å². The van der Waals surface area contributed by atoms with Crippen molar-refractivity contribution in [2.45, 2.75) is 45.4 Å². The second-order valence-electron chi connectivity index (χ2n) is 6.39. The number of anilines is 1. The quantitative estimate of drug-likeness (QED) is 0.872. The number of amides is 2. The maximum Gasteiger partial charge on any atom is 0.271 e. The third-order valence-electron chi connectivity index (χ3n) is 4.68. The number of benzene rings is 1. The maximum atomic E-state index is 12.3. The predicted octanol–water partition coefficient (Wildman–Crippen LogP) is 3.11. The van der Waals surface area contributed by atoms with Crippen molar-refractivity contribution in [3.8, 4) is 0 Å². The molecule has 0 bridgehead atoms. The molecule has 0 radical (unpaired) electrons. The van der Waals surface area contributed by atoms with Crippen LogP contribution in [0.2, 0.25) is 0 Å². The summed E-state index contributed by atoms with van der Waals surface area (Å²) < 4.78 is 0. The summed E-state index contributed by atoms with van der Waals surface area (Å²) in [5.41, 5.74) is 5.08. The van der Waals surface area contributed by atoms with Gasteiger partial charge in [0.15, 0.2) is 0 Å². The van der Waals surface area contributed by atoms with Crippen LogP contribution in [0.4, 0.5) is 5.69 Å². The number of nitrogens with one attached hydrogen (secondary N) is 1. The molecule has 5 heteroatoms. The van der Waals surface area contributed by atoms with Gasteiger partial charge in [-0.25, -0.2) is 5.43 Å². The average Bonchev–Trinajstić information content (AvgIpc) is 3.00. The highest BCUT2D eigenvalue weighted by atomic mass is 16.2. The molecule has 1 aliphatic carbocycles. The summed E-state index contributed by atoms with van der Waals surface area (Å²) in [6.45, 7) is 2.88. The zero-order valence-electron chi connectivity index (χ0n) is 13.5. The molecule has 1 aromatic carbocycles. The van der Waals surface area contributed by atoms with E-state index in [2.05, 4.69) is 17.5 Å². The van der Waals surface area contributed by atoms with E-state index in [0.717, 1.165) is 43.6 Å². The molecule has 0 unspecified atom stereocenters. The Balaban J connectivity index is 1.70. The number of hydrogen-bond acceptors (Lipinski definition) is 3. The Morgan fingerprint density at radius 3 is 2.87 bits per heavy atom. The zero-order chi connectivity index (χ0) is 16.2. The lowest BCUT2D eigenvalue weighted by atomic mass is 9.89. The molecule has 1 saturated heterocycles. The van der Waals surface area contributed by atoms with Gasteiger partial charge in [0.2, 0.25) is 5.91 Å². The minimum atomic E-state index is -0.219. The summed E-state index contributed by atoms with van der Waals surface area (Å²) in [6, 6.07) is 7.20. The van der Waals surface area contributed by atoms with Gasteiger partial charge in [-0.1, -0.05) is 19.4 Å². The Bertz CT molecular complexity index is 639. The number of carbonyl (C=O) groups is 2. The summed E-state index contributed by atoms with van der Waals surface area (Å²) in [6.07, 6.45) is 5.94. The molecule has 1 aliphatic heterocycles. The van der Waals surface area contributed by atoms with E-state index in [-0.39, 0.29) is 11.8 Å². The molecule has 1 saturated carbocycles. The molecule has 2 aliphatic rings. The summed E-state index contributed by atoms with van der Waals surface area (Å²) >= 11 is 0. The van der Waals surface area contributed by atoms with Crippen LogP contribution in [-0.4, -0.2) is 24.1 Å². The largest absolute Gasteiger partial charge is 0.312 e. The van der Waals surface area contributed by atoms with Gasteiger partial charge in [0.1, 0.15) is 0 Å². The van der Waals surface area contributed by atoms with Crippen molar-refractivity contribution in [2.75, 3.05) is 11.4 Å². The van der Waals surface area contributed by atoms with Gasteiger partial charge < -0.3 is 4.90 Å². The fraction of sp³-hybridized carbons (Fsp3) is 0.500. The van der Waals surface area contributed by atoms with Gasteiger partial charge in [-0.3, -0.25) is 9.59 Å². The highest BCUT2D eigenvalue weighted by molar-refractivity contribution is 5.99. The Morgan fingerprint density at radius 1 is 1.26 bits per heavy atom. The Kier molecular flexibility index (Phi) is 4.74. The summed E-state index contributed by atoms with van der Waals surface area (Å²) in [5, 5.41) is 4.32. The Hall–Kier alpha value is -2.17. The highest BCUT2D eigenvalue weighted by Crippen LogP contribution is 2.23. The smallest absolute Gasteiger partial charge is 0.271 e. The lowest BCUT2D eigenvalue weighted by Crippen LogP contribution is -2.26. The molecule has 1 aromatic rings. The van der Waals surface area contributed by atoms with Crippen LogP contribution in [0, 0.1) is 5.92 Å². The first-order chi connectivity index (χ1) is 11.1. The molecule has 3 rings (SSSR count). The normalized spacial score (nSPS) is 23.3. The third kappa shape index (κ3) is 3.60. The van der Waals surface area contributed by atoms with Crippen molar-refractivity contribution in [1.29, 1.82) is 0 Å². The summed E-state index contributed by atoms with van der Waals surface area (Å²) in [7, 11) is 0. The number of hydrazone groups is 1. The fourth-order valence-corrected chi connectivity index (χ4v) is 3.26. The van der Waals surface area contributed by atoms with Crippen molar-refractivity contribution in [1.82, 2.24) is 5.43 Å². The molecule has 0 aromatic heterocycles. The van der Waals surface area contributed by atoms with Gasteiger partial charge >= 0.3 is 0 Å². The molecule has 0 spiro atoms. The van der Waals surface area contributed by atoms with Gasteiger partial charge in [0.05, 0.1) is 0 Å². The van der Waals surface area contributed by atoms with E-state index in [0.29, 0.717) is 17.9 Å². The van der Waals surface area contributed by atoms with Crippen molar-refractivity contribution < 1.29 is 9.59 Å². The summed E-state index contributed by atoms with van der Waals surface area (Å²) in [4.78, 5) is 25.9. The lowest BCUT2D eigenvalue weighted by molar-refractivity contribution is -0.117. The average molecular weight is 313 g/mol. The van der Waals surface area contributed by atoms with Gasteiger partial charge in [0, 0.05) is 29.9 Å².